The molecule has 0 aromatic carbocycles. The molecule has 0 radical (unpaired) electrons. The smallest absolute Gasteiger partial charge is 0.307 e. The van der Waals surface area contributed by atoms with Crippen LogP contribution in [-0.4, -0.2) is 23.2 Å². The molecule has 1 aliphatic rings. The second kappa shape index (κ2) is 5.19. The highest BCUT2D eigenvalue weighted by atomic mass is 16.5. The van der Waals surface area contributed by atoms with E-state index in [-0.39, 0.29) is 17.3 Å². The Bertz CT molecular complexity index is 470. The molecule has 1 fully saturated rings. The Morgan fingerprint density at radius 2 is 2.26 bits per heavy atom. The highest BCUT2D eigenvalue weighted by molar-refractivity contribution is 5.71. The first kappa shape index (κ1) is 13.8. The lowest BCUT2D eigenvalue weighted by molar-refractivity contribution is -0.144. The zero-order valence-electron chi connectivity index (χ0n) is 11.7. The Labute approximate surface area is 113 Å². The number of carboxylic acid groups (broad SMARTS) is 1. The van der Waals surface area contributed by atoms with Crippen LogP contribution in [0.1, 0.15) is 44.7 Å². The highest BCUT2D eigenvalue weighted by Gasteiger charge is 2.41. The molecule has 104 valence electrons. The molecule has 19 heavy (non-hydrogen) atoms. The molecular weight excluding hydrogens is 242 g/mol. The Balaban J connectivity index is 2.39. The van der Waals surface area contributed by atoms with E-state index in [4.69, 9.17) is 4.74 Å². The number of hydrogen-bond acceptors (Lipinski definition) is 3. The lowest BCUT2D eigenvalue weighted by Crippen LogP contribution is -2.33. The van der Waals surface area contributed by atoms with E-state index in [9.17, 15) is 9.90 Å². The minimum absolute atomic E-state index is 0.0719. The highest BCUT2D eigenvalue weighted by Crippen LogP contribution is 2.48. The number of ether oxygens (including phenoxy) is 1. The molecule has 1 aromatic rings. The third-order valence-electron chi connectivity index (χ3n) is 4.08. The molecule has 4 nitrogen and oxygen atoms in total. The van der Waals surface area contributed by atoms with Crippen molar-refractivity contribution < 1.29 is 14.6 Å². The quantitative estimate of drug-likeness (QED) is 0.910. The molecule has 0 amide bonds. The summed E-state index contributed by atoms with van der Waals surface area (Å²) in [5.41, 5.74) is 0.935. The van der Waals surface area contributed by atoms with Gasteiger partial charge in [0.15, 0.2) is 0 Å². The van der Waals surface area contributed by atoms with Crippen LogP contribution in [0.4, 0.5) is 0 Å². The maximum atomic E-state index is 11.5. The molecule has 1 heterocycles. The molecule has 0 spiro atoms. The second-order valence-corrected chi connectivity index (χ2v) is 6.05. The molecule has 1 N–H and O–H groups in total. The van der Waals surface area contributed by atoms with Gasteiger partial charge in [0.05, 0.1) is 18.7 Å². The maximum Gasteiger partial charge on any atom is 0.307 e. The molecule has 1 saturated carbocycles. The van der Waals surface area contributed by atoms with Gasteiger partial charge in [-0.05, 0) is 36.8 Å². The first-order chi connectivity index (χ1) is 8.94. The summed E-state index contributed by atoms with van der Waals surface area (Å²) >= 11 is 0. The number of rotatable bonds is 3. The molecule has 0 aliphatic heterocycles. The number of aliphatic carboxylic acids is 1. The number of methoxy groups -OCH3 is 1. The lowest BCUT2D eigenvalue weighted by atomic mass is 9.66. The van der Waals surface area contributed by atoms with Gasteiger partial charge in [0.1, 0.15) is 5.75 Å². The standard InChI is InChI=1S/C15H21NO3/c1-15(2)7-6-10(14(17)18)11(9-15)13-12(19-3)5-4-8-16-13/h4-5,8,10-11H,6-7,9H2,1-3H3,(H,17,18). The van der Waals surface area contributed by atoms with Crippen LogP contribution < -0.4 is 4.74 Å². The average Bonchev–Trinajstić information content (AvgIpc) is 2.37. The number of carbonyl (C=O) groups is 1. The Hall–Kier alpha value is -1.58. The fraction of sp³-hybridized carbons (Fsp3) is 0.600. The van der Waals surface area contributed by atoms with Crippen LogP contribution in [-0.2, 0) is 4.79 Å². The van der Waals surface area contributed by atoms with E-state index in [0.29, 0.717) is 12.2 Å². The summed E-state index contributed by atoms with van der Waals surface area (Å²) in [7, 11) is 1.60. The third kappa shape index (κ3) is 2.88. The monoisotopic (exact) mass is 263 g/mol. The molecule has 2 rings (SSSR count). The molecular formula is C15H21NO3. The molecule has 1 aliphatic carbocycles. The lowest BCUT2D eigenvalue weighted by Gasteiger charge is -2.39. The van der Waals surface area contributed by atoms with Crippen molar-refractivity contribution in [2.45, 2.75) is 39.0 Å². The zero-order chi connectivity index (χ0) is 14.0. The van der Waals surface area contributed by atoms with Gasteiger partial charge < -0.3 is 9.84 Å². The second-order valence-electron chi connectivity index (χ2n) is 6.05. The van der Waals surface area contributed by atoms with E-state index >= 15 is 0 Å². The Morgan fingerprint density at radius 3 is 2.89 bits per heavy atom. The van der Waals surface area contributed by atoms with Crippen molar-refractivity contribution in [2.75, 3.05) is 7.11 Å². The van der Waals surface area contributed by atoms with Crippen molar-refractivity contribution in [2.24, 2.45) is 11.3 Å². The van der Waals surface area contributed by atoms with Gasteiger partial charge in [0.2, 0.25) is 0 Å². The number of pyridine rings is 1. The summed E-state index contributed by atoms with van der Waals surface area (Å²) in [5, 5.41) is 9.44. The summed E-state index contributed by atoms with van der Waals surface area (Å²) in [4.78, 5) is 15.9. The summed E-state index contributed by atoms with van der Waals surface area (Å²) in [5.74, 6) is -0.473. The first-order valence-electron chi connectivity index (χ1n) is 6.66. The van der Waals surface area contributed by atoms with Crippen molar-refractivity contribution in [1.29, 1.82) is 0 Å². The molecule has 2 unspecified atom stereocenters. The normalized spacial score (nSPS) is 25.8. The largest absolute Gasteiger partial charge is 0.495 e. The van der Waals surface area contributed by atoms with Gasteiger partial charge in [-0.1, -0.05) is 13.8 Å². The summed E-state index contributed by atoms with van der Waals surface area (Å²) < 4.78 is 5.34. The van der Waals surface area contributed by atoms with Gasteiger partial charge in [-0.25, -0.2) is 0 Å². The fourth-order valence-corrected chi connectivity index (χ4v) is 3.02. The van der Waals surface area contributed by atoms with Gasteiger partial charge >= 0.3 is 5.97 Å². The van der Waals surface area contributed by atoms with E-state index < -0.39 is 5.97 Å². The first-order valence-corrected chi connectivity index (χ1v) is 6.66. The van der Waals surface area contributed by atoms with E-state index in [2.05, 4.69) is 18.8 Å². The summed E-state index contributed by atoms with van der Waals surface area (Å²) in [6.45, 7) is 4.38. The van der Waals surface area contributed by atoms with E-state index in [1.165, 1.54) is 0 Å². The van der Waals surface area contributed by atoms with Crippen LogP contribution in [0.5, 0.6) is 5.75 Å². The van der Waals surface area contributed by atoms with Crippen molar-refractivity contribution in [3.05, 3.63) is 24.0 Å². The van der Waals surface area contributed by atoms with Gasteiger partial charge in [-0.3, -0.25) is 9.78 Å². The van der Waals surface area contributed by atoms with Crippen LogP contribution in [0.15, 0.2) is 18.3 Å². The fourth-order valence-electron chi connectivity index (χ4n) is 3.02. The predicted octanol–water partition coefficient (Wildman–Crippen LogP) is 3.08. The van der Waals surface area contributed by atoms with Crippen LogP contribution >= 0.6 is 0 Å². The van der Waals surface area contributed by atoms with E-state index in [1.807, 2.05) is 12.1 Å². The van der Waals surface area contributed by atoms with Crippen LogP contribution in [0.3, 0.4) is 0 Å². The topological polar surface area (TPSA) is 59.4 Å². The van der Waals surface area contributed by atoms with Crippen molar-refractivity contribution in [3.8, 4) is 5.75 Å². The molecule has 4 heteroatoms. The minimum Gasteiger partial charge on any atom is -0.495 e. The summed E-state index contributed by atoms with van der Waals surface area (Å²) in [6, 6.07) is 3.66. The number of hydrogen-bond donors (Lipinski definition) is 1. The molecule has 2 atom stereocenters. The van der Waals surface area contributed by atoms with Gasteiger partial charge in [0.25, 0.3) is 0 Å². The molecule has 0 saturated heterocycles. The van der Waals surface area contributed by atoms with Gasteiger partial charge in [-0.2, -0.15) is 0 Å². The maximum absolute atomic E-state index is 11.5. The Morgan fingerprint density at radius 1 is 1.53 bits per heavy atom. The SMILES string of the molecule is COc1cccnc1C1CC(C)(C)CCC1C(=O)O. The average molecular weight is 263 g/mol. The van der Waals surface area contributed by atoms with Crippen molar-refractivity contribution in [1.82, 2.24) is 4.98 Å². The van der Waals surface area contributed by atoms with E-state index in [1.54, 1.807) is 13.3 Å². The van der Waals surface area contributed by atoms with Crippen LogP contribution in [0, 0.1) is 11.3 Å². The van der Waals surface area contributed by atoms with Crippen LogP contribution in [0.2, 0.25) is 0 Å². The number of nitrogens with zero attached hydrogens (tertiary/aromatic N) is 1. The van der Waals surface area contributed by atoms with Crippen LogP contribution in [0.25, 0.3) is 0 Å². The zero-order valence-corrected chi connectivity index (χ0v) is 11.7. The third-order valence-corrected chi connectivity index (χ3v) is 4.08. The molecule has 1 aromatic heterocycles. The van der Waals surface area contributed by atoms with Crippen molar-refractivity contribution in [3.63, 3.8) is 0 Å². The number of aromatic nitrogens is 1. The van der Waals surface area contributed by atoms with Gasteiger partial charge in [-0.15, -0.1) is 0 Å². The minimum atomic E-state index is -0.729. The van der Waals surface area contributed by atoms with Crippen molar-refractivity contribution >= 4 is 5.97 Å². The Kier molecular flexibility index (Phi) is 3.78. The number of carboxylic acids is 1. The predicted molar refractivity (Wildman–Crippen MR) is 72.3 cm³/mol. The van der Waals surface area contributed by atoms with Gasteiger partial charge in [0, 0.05) is 12.1 Å². The summed E-state index contributed by atoms with van der Waals surface area (Å²) in [6.07, 6.45) is 4.18. The molecule has 0 bridgehead atoms. The van der Waals surface area contributed by atoms with E-state index in [0.717, 1.165) is 18.5 Å².